The number of esters is 1. The summed E-state index contributed by atoms with van der Waals surface area (Å²) in [6, 6.07) is 16.4. The molecule has 2 rings (SSSR count). The molecular formula is C20H24N2O3. The zero-order chi connectivity index (χ0) is 18.2. The van der Waals surface area contributed by atoms with Gasteiger partial charge in [0, 0.05) is 19.8 Å². The summed E-state index contributed by atoms with van der Waals surface area (Å²) in [7, 11) is 3.48. The number of carbonyl (C=O) groups excluding carboxylic acids is 2. The minimum atomic E-state index is -0.574. The summed E-state index contributed by atoms with van der Waals surface area (Å²) in [6.45, 7) is 2.12. The Hall–Kier alpha value is -2.82. The Morgan fingerprint density at radius 1 is 1.04 bits per heavy atom. The first kappa shape index (κ1) is 18.5. The lowest BCUT2D eigenvalue weighted by atomic mass is 10.1. The molecule has 0 spiro atoms. The van der Waals surface area contributed by atoms with Crippen LogP contribution in [0.1, 0.15) is 24.1 Å². The number of rotatable bonds is 7. The number of likely N-dealkylation sites (N-methyl/N-ethyl adjacent to an activating group) is 1. The lowest BCUT2D eigenvalue weighted by Crippen LogP contribution is -2.24. The van der Waals surface area contributed by atoms with Crippen molar-refractivity contribution in [2.75, 3.05) is 26.0 Å². The normalized spacial score (nSPS) is 11.5. The lowest BCUT2D eigenvalue weighted by Gasteiger charge is -2.19. The molecule has 1 N–H and O–H groups in total. The highest BCUT2D eigenvalue weighted by molar-refractivity contribution is 5.81. The molecule has 0 fully saturated rings. The van der Waals surface area contributed by atoms with E-state index in [0.717, 1.165) is 16.8 Å². The number of anilines is 1. The van der Waals surface area contributed by atoms with Crippen LogP contribution < -0.4 is 5.32 Å². The number of nitrogens with zero attached hydrogens (tertiary/aromatic N) is 1. The van der Waals surface area contributed by atoms with Crippen LogP contribution in [-0.4, -0.2) is 37.5 Å². The van der Waals surface area contributed by atoms with E-state index >= 15 is 0 Å². The van der Waals surface area contributed by atoms with Gasteiger partial charge in [0.05, 0.1) is 13.0 Å². The van der Waals surface area contributed by atoms with Gasteiger partial charge in [-0.1, -0.05) is 42.5 Å². The molecule has 132 valence electrons. The zero-order valence-corrected chi connectivity index (χ0v) is 14.9. The van der Waals surface area contributed by atoms with Crippen LogP contribution in [0.2, 0.25) is 0 Å². The average molecular weight is 340 g/mol. The van der Waals surface area contributed by atoms with Gasteiger partial charge in [-0.2, -0.15) is 0 Å². The molecule has 2 aromatic carbocycles. The van der Waals surface area contributed by atoms with Crippen LogP contribution in [-0.2, 0) is 20.7 Å². The summed E-state index contributed by atoms with van der Waals surface area (Å²) in [5.41, 5.74) is 2.56. The fraction of sp³-hybridized carbons (Fsp3) is 0.300. The van der Waals surface area contributed by atoms with Crippen LogP contribution in [0.15, 0.2) is 54.6 Å². The summed E-state index contributed by atoms with van der Waals surface area (Å²) < 4.78 is 5.18. The molecule has 0 aliphatic rings. The molecule has 0 saturated heterocycles. The van der Waals surface area contributed by atoms with Gasteiger partial charge in [-0.25, -0.2) is 4.79 Å². The molecule has 1 unspecified atom stereocenters. The monoisotopic (exact) mass is 340 g/mol. The highest BCUT2D eigenvalue weighted by atomic mass is 16.5. The number of amides is 1. The quantitative estimate of drug-likeness (QED) is 0.787. The van der Waals surface area contributed by atoms with E-state index in [1.165, 1.54) is 0 Å². The number of benzene rings is 2. The minimum absolute atomic E-state index is 0.0504. The Bertz CT molecular complexity index is 697. The number of nitrogens with one attached hydrogen (secondary N) is 1. The van der Waals surface area contributed by atoms with Gasteiger partial charge in [0.2, 0.25) is 5.91 Å². The predicted molar refractivity (Wildman–Crippen MR) is 98.3 cm³/mol. The first-order valence-corrected chi connectivity index (χ1v) is 8.28. The third-order valence-corrected chi connectivity index (χ3v) is 3.77. The van der Waals surface area contributed by atoms with Gasteiger partial charge in [0.1, 0.15) is 0 Å². The Balaban J connectivity index is 2.13. The van der Waals surface area contributed by atoms with Crippen molar-refractivity contribution < 1.29 is 14.3 Å². The van der Waals surface area contributed by atoms with Crippen LogP contribution in [0.25, 0.3) is 0 Å². The summed E-state index contributed by atoms with van der Waals surface area (Å²) in [4.78, 5) is 25.6. The second kappa shape index (κ2) is 8.87. The van der Waals surface area contributed by atoms with Gasteiger partial charge < -0.3 is 15.0 Å². The first-order valence-electron chi connectivity index (χ1n) is 8.28. The molecule has 0 heterocycles. The summed E-state index contributed by atoms with van der Waals surface area (Å²) >= 11 is 0. The molecule has 0 bridgehead atoms. The fourth-order valence-electron chi connectivity index (χ4n) is 2.37. The molecule has 0 aliphatic carbocycles. The highest BCUT2D eigenvalue weighted by Gasteiger charge is 2.21. The van der Waals surface area contributed by atoms with E-state index < -0.39 is 6.04 Å². The van der Waals surface area contributed by atoms with Crippen molar-refractivity contribution in [1.29, 1.82) is 0 Å². The molecule has 5 nitrogen and oxygen atoms in total. The van der Waals surface area contributed by atoms with Crippen molar-refractivity contribution in [3.8, 4) is 0 Å². The van der Waals surface area contributed by atoms with Gasteiger partial charge >= 0.3 is 5.97 Å². The van der Waals surface area contributed by atoms with Crippen LogP contribution in [0.3, 0.4) is 0 Å². The van der Waals surface area contributed by atoms with Gasteiger partial charge in [0.25, 0.3) is 0 Å². The molecule has 1 atom stereocenters. The van der Waals surface area contributed by atoms with Gasteiger partial charge in [-0.15, -0.1) is 0 Å². The Labute approximate surface area is 148 Å². The molecule has 1 amide bonds. The molecule has 0 aromatic heterocycles. The number of hydrogen-bond acceptors (Lipinski definition) is 4. The number of hydrogen-bond donors (Lipinski definition) is 1. The average Bonchev–Trinajstić information content (AvgIpc) is 2.61. The summed E-state index contributed by atoms with van der Waals surface area (Å²) in [5, 5.41) is 3.21. The summed E-state index contributed by atoms with van der Waals surface area (Å²) in [6.07, 6.45) is 0.354. The Kier molecular flexibility index (Phi) is 6.57. The first-order chi connectivity index (χ1) is 12.0. The Morgan fingerprint density at radius 2 is 1.68 bits per heavy atom. The second-order valence-electron chi connectivity index (χ2n) is 5.90. The van der Waals surface area contributed by atoms with E-state index in [0.29, 0.717) is 13.0 Å². The predicted octanol–water partition coefficient (Wildman–Crippen LogP) is 3.03. The fourth-order valence-corrected chi connectivity index (χ4v) is 2.37. The smallest absolute Gasteiger partial charge is 0.333 e. The molecule has 25 heavy (non-hydrogen) atoms. The van der Waals surface area contributed by atoms with E-state index in [-0.39, 0.29) is 11.9 Å². The Morgan fingerprint density at radius 3 is 2.24 bits per heavy atom. The van der Waals surface area contributed by atoms with E-state index in [9.17, 15) is 9.59 Å². The number of carbonyl (C=O) groups is 2. The molecular weight excluding hydrogens is 316 g/mol. The van der Waals surface area contributed by atoms with Crippen LogP contribution in [0.5, 0.6) is 0 Å². The molecule has 0 aliphatic heterocycles. The second-order valence-corrected chi connectivity index (χ2v) is 5.90. The van der Waals surface area contributed by atoms with Crippen molar-refractivity contribution in [3.05, 3.63) is 65.7 Å². The standard InChI is InChI=1S/C20H24N2O3/c1-4-25-20(24)19(16-8-6-5-7-9-16)21-17-12-10-15(11-13-17)14-18(23)22(2)3/h5-13,19,21H,4,14H2,1-3H3. The van der Waals surface area contributed by atoms with E-state index in [4.69, 9.17) is 4.74 Å². The summed E-state index contributed by atoms with van der Waals surface area (Å²) in [5.74, 6) is -0.269. The molecule has 5 heteroatoms. The zero-order valence-electron chi connectivity index (χ0n) is 14.9. The highest BCUT2D eigenvalue weighted by Crippen LogP contribution is 2.21. The minimum Gasteiger partial charge on any atom is -0.464 e. The maximum absolute atomic E-state index is 12.3. The van der Waals surface area contributed by atoms with Crippen molar-refractivity contribution in [2.24, 2.45) is 0 Å². The largest absolute Gasteiger partial charge is 0.464 e. The van der Waals surface area contributed by atoms with E-state index in [1.807, 2.05) is 54.6 Å². The third kappa shape index (κ3) is 5.35. The van der Waals surface area contributed by atoms with Crippen molar-refractivity contribution in [1.82, 2.24) is 4.90 Å². The van der Waals surface area contributed by atoms with Crippen molar-refractivity contribution >= 4 is 17.6 Å². The van der Waals surface area contributed by atoms with Gasteiger partial charge in [-0.3, -0.25) is 4.79 Å². The van der Waals surface area contributed by atoms with E-state index in [2.05, 4.69) is 5.32 Å². The van der Waals surface area contributed by atoms with Crippen molar-refractivity contribution in [3.63, 3.8) is 0 Å². The SMILES string of the molecule is CCOC(=O)C(Nc1ccc(CC(=O)N(C)C)cc1)c1ccccc1. The van der Waals surface area contributed by atoms with Gasteiger partial charge in [0.15, 0.2) is 6.04 Å². The maximum Gasteiger partial charge on any atom is 0.333 e. The number of ether oxygens (including phenoxy) is 1. The third-order valence-electron chi connectivity index (χ3n) is 3.77. The van der Waals surface area contributed by atoms with Crippen molar-refractivity contribution in [2.45, 2.75) is 19.4 Å². The van der Waals surface area contributed by atoms with Crippen LogP contribution >= 0.6 is 0 Å². The van der Waals surface area contributed by atoms with Crippen LogP contribution in [0.4, 0.5) is 5.69 Å². The molecule has 0 radical (unpaired) electrons. The maximum atomic E-state index is 12.3. The topological polar surface area (TPSA) is 58.6 Å². The van der Waals surface area contributed by atoms with Crippen LogP contribution in [0, 0.1) is 0 Å². The molecule has 2 aromatic rings. The van der Waals surface area contributed by atoms with E-state index in [1.54, 1.807) is 25.9 Å². The lowest BCUT2D eigenvalue weighted by molar-refractivity contribution is -0.144. The molecule has 0 saturated carbocycles. The van der Waals surface area contributed by atoms with Gasteiger partial charge in [-0.05, 0) is 30.2 Å².